The van der Waals surface area contributed by atoms with Crippen LogP contribution < -0.4 is 5.73 Å². The van der Waals surface area contributed by atoms with Crippen molar-refractivity contribution in [3.8, 4) is 0 Å². The minimum Gasteiger partial charge on any atom is -0.328 e. The van der Waals surface area contributed by atoms with E-state index >= 15 is 0 Å². The number of hydrogen-bond donors (Lipinski definition) is 1. The van der Waals surface area contributed by atoms with Crippen LogP contribution in [0.25, 0.3) is 0 Å². The Morgan fingerprint density at radius 2 is 1.61 bits per heavy atom. The van der Waals surface area contributed by atoms with Crippen molar-refractivity contribution in [3.05, 3.63) is 71.3 Å². The smallest absolute Gasteiger partial charge is 0.328 e. The standard InChI is InChI=1S/C17H15F3N2O/c18-17(19,20)13-8-6-12(7-9-13)15-14(21)16(23)22(15)10-11-4-2-1-3-5-11/h1-9,14-15H,10,21H2/t14-,15-/m1/s1. The van der Waals surface area contributed by atoms with Crippen LogP contribution in [0.4, 0.5) is 13.2 Å². The Labute approximate surface area is 131 Å². The first-order valence-corrected chi connectivity index (χ1v) is 7.15. The van der Waals surface area contributed by atoms with Gasteiger partial charge in [0.2, 0.25) is 5.91 Å². The lowest BCUT2D eigenvalue weighted by Crippen LogP contribution is -2.62. The molecule has 1 amide bonds. The molecule has 1 fully saturated rings. The molecule has 0 aliphatic carbocycles. The summed E-state index contributed by atoms with van der Waals surface area (Å²) in [4.78, 5) is 13.6. The molecule has 23 heavy (non-hydrogen) atoms. The minimum atomic E-state index is -4.38. The number of hydrogen-bond acceptors (Lipinski definition) is 2. The van der Waals surface area contributed by atoms with Crippen LogP contribution in [-0.2, 0) is 17.5 Å². The number of rotatable bonds is 3. The number of carbonyl (C=O) groups excluding carboxylic acids is 1. The first-order chi connectivity index (χ1) is 10.9. The van der Waals surface area contributed by atoms with E-state index < -0.39 is 23.8 Å². The second-order valence-corrected chi connectivity index (χ2v) is 5.54. The number of amides is 1. The number of alkyl halides is 3. The number of β-lactam (4-membered cyclic amide) rings is 1. The highest BCUT2D eigenvalue weighted by atomic mass is 19.4. The highest BCUT2D eigenvalue weighted by Gasteiger charge is 2.45. The quantitative estimate of drug-likeness (QED) is 0.883. The summed E-state index contributed by atoms with van der Waals surface area (Å²) in [7, 11) is 0. The summed E-state index contributed by atoms with van der Waals surface area (Å²) in [5, 5.41) is 0. The summed E-state index contributed by atoms with van der Waals surface area (Å²) in [6, 6.07) is 13.1. The Kier molecular flexibility index (Phi) is 3.85. The molecular formula is C17H15F3N2O. The topological polar surface area (TPSA) is 46.3 Å². The van der Waals surface area contributed by atoms with Crippen LogP contribution in [0.15, 0.2) is 54.6 Å². The average Bonchev–Trinajstić information content (AvgIpc) is 2.54. The molecule has 1 aliphatic heterocycles. The molecule has 3 rings (SSSR count). The van der Waals surface area contributed by atoms with Gasteiger partial charge in [0.1, 0.15) is 6.04 Å². The molecule has 3 nitrogen and oxygen atoms in total. The van der Waals surface area contributed by atoms with Gasteiger partial charge in [-0.15, -0.1) is 0 Å². The van der Waals surface area contributed by atoms with Crippen molar-refractivity contribution in [1.82, 2.24) is 4.90 Å². The van der Waals surface area contributed by atoms with E-state index in [4.69, 9.17) is 5.73 Å². The van der Waals surface area contributed by atoms with Crippen molar-refractivity contribution in [3.63, 3.8) is 0 Å². The van der Waals surface area contributed by atoms with Crippen LogP contribution in [0.2, 0.25) is 0 Å². The van der Waals surface area contributed by atoms with E-state index in [2.05, 4.69) is 0 Å². The summed E-state index contributed by atoms with van der Waals surface area (Å²) in [6.45, 7) is 0.388. The van der Waals surface area contributed by atoms with E-state index in [-0.39, 0.29) is 5.91 Å². The van der Waals surface area contributed by atoms with Crippen molar-refractivity contribution in [2.45, 2.75) is 24.8 Å². The minimum absolute atomic E-state index is 0.196. The first kappa shape index (κ1) is 15.6. The molecule has 0 radical (unpaired) electrons. The van der Waals surface area contributed by atoms with Crippen LogP contribution in [-0.4, -0.2) is 16.8 Å². The molecule has 1 saturated heterocycles. The second-order valence-electron chi connectivity index (χ2n) is 5.54. The van der Waals surface area contributed by atoms with Crippen molar-refractivity contribution in [2.24, 2.45) is 5.73 Å². The van der Waals surface area contributed by atoms with Gasteiger partial charge >= 0.3 is 6.18 Å². The van der Waals surface area contributed by atoms with Gasteiger partial charge in [-0.3, -0.25) is 4.79 Å². The van der Waals surface area contributed by atoms with Gasteiger partial charge in [0, 0.05) is 6.54 Å². The summed E-state index contributed by atoms with van der Waals surface area (Å²) >= 11 is 0. The van der Waals surface area contributed by atoms with E-state index in [1.165, 1.54) is 12.1 Å². The van der Waals surface area contributed by atoms with E-state index in [0.29, 0.717) is 12.1 Å². The summed E-state index contributed by atoms with van der Waals surface area (Å²) in [6.07, 6.45) is -4.38. The average molecular weight is 320 g/mol. The molecule has 6 heteroatoms. The largest absolute Gasteiger partial charge is 0.416 e. The molecule has 2 aromatic rings. The molecule has 2 atom stereocenters. The fraction of sp³-hybridized carbons (Fsp3) is 0.235. The number of benzene rings is 2. The molecule has 1 aliphatic rings. The Balaban J connectivity index is 1.81. The lowest BCUT2D eigenvalue weighted by atomic mass is 9.88. The Morgan fingerprint density at radius 1 is 1.00 bits per heavy atom. The third-order valence-corrected chi connectivity index (χ3v) is 4.02. The zero-order valence-corrected chi connectivity index (χ0v) is 12.1. The fourth-order valence-corrected chi connectivity index (χ4v) is 2.79. The summed E-state index contributed by atoms with van der Waals surface area (Å²) in [5.41, 5.74) is 6.70. The van der Waals surface area contributed by atoms with Crippen LogP contribution in [0.1, 0.15) is 22.7 Å². The van der Waals surface area contributed by atoms with Gasteiger partial charge in [-0.1, -0.05) is 42.5 Å². The summed E-state index contributed by atoms with van der Waals surface area (Å²) in [5.74, 6) is -0.196. The maximum Gasteiger partial charge on any atom is 0.416 e. The van der Waals surface area contributed by atoms with E-state index in [0.717, 1.165) is 17.7 Å². The molecule has 1 heterocycles. The number of nitrogens with two attached hydrogens (primary N) is 1. The van der Waals surface area contributed by atoms with Crippen LogP contribution >= 0.6 is 0 Å². The van der Waals surface area contributed by atoms with Crippen LogP contribution in [0, 0.1) is 0 Å². The number of carbonyl (C=O) groups is 1. The highest BCUT2D eigenvalue weighted by molar-refractivity contribution is 5.89. The Morgan fingerprint density at radius 3 is 2.17 bits per heavy atom. The number of halogens is 3. The zero-order chi connectivity index (χ0) is 16.6. The number of likely N-dealkylation sites (tertiary alicyclic amines) is 1. The molecule has 120 valence electrons. The second kappa shape index (κ2) is 5.70. The molecule has 0 spiro atoms. The molecule has 0 bridgehead atoms. The normalized spacial score (nSPS) is 21.2. The van der Waals surface area contributed by atoms with Gasteiger partial charge in [-0.2, -0.15) is 13.2 Å². The molecule has 0 unspecified atom stereocenters. The van der Waals surface area contributed by atoms with Crippen molar-refractivity contribution < 1.29 is 18.0 Å². The Bertz CT molecular complexity index is 698. The predicted octanol–water partition coefficient (Wildman–Crippen LogP) is 3.12. The summed E-state index contributed by atoms with van der Waals surface area (Å²) < 4.78 is 37.9. The van der Waals surface area contributed by atoms with Gasteiger partial charge in [0.25, 0.3) is 0 Å². The van der Waals surface area contributed by atoms with Gasteiger partial charge in [-0.25, -0.2) is 0 Å². The molecular weight excluding hydrogens is 305 g/mol. The van der Waals surface area contributed by atoms with Crippen LogP contribution in [0.3, 0.4) is 0 Å². The molecule has 0 saturated carbocycles. The molecule has 0 aromatic heterocycles. The Hall–Kier alpha value is -2.34. The van der Waals surface area contributed by atoms with Crippen molar-refractivity contribution >= 4 is 5.91 Å². The lowest BCUT2D eigenvalue weighted by molar-refractivity contribution is -0.150. The van der Waals surface area contributed by atoms with Gasteiger partial charge < -0.3 is 10.6 Å². The van der Waals surface area contributed by atoms with Crippen molar-refractivity contribution in [2.75, 3.05) is 0 Å². The fourth-order valence-electron chi connectivity index (χ4n) is 2.79. The third-order valence-electron chi connectivity index (χ3n) is 4.02. The third kappa shape index (κ3) is 2.94. The van der Waals surface area contributed by atoms with Gasteiger partial charge in [-0.05, 0) is 23.3 Å². The highest BCUT2D eigenvalue weighted by Crippen LogP contribution is 2.36. The van der Waals surface area contributed by atoms with E-state index in [1.807, 2.05) is 30.3 Å². The lowest BCUT2D eigenvalue weighted by Gasteiger charge is -2.45. The van der Waals surface area contributed by atoms with Gasteiger partial charge in [0.05, 0.1) is 11.6 Å². The van der Waals surface area contributed by atoms with E-state index in [1.54, 1.807) is 4.90 Å². The zero-order valence-electron chi connectivity index (χ0n) is 12.1. The SMILES string of the molecule is N[C@H]1C(=O)N(Cc2ccccc2)[C@@H]1c1ccc(C(F)(F)F)cc1. The predicted molar refractivity (Wildman–Crippen MR) is 79.2 cm³/mol. The monoisotopic (exact) mass is 320 g/mol. The van der Waals surface area contributed by atoms with E-state index in [9.17, 15) is 18.0 Å². The number of nitrogens with zero attached hydrogens (tertiary/aromatic N) is 1. The molecule has 2 aromatic carbocycles. The van der Waals surface area contributed by atoms with Gasteiger partial charge in [0.15, 0.2) is 0 Å². The maximum absolute atomic E-state index is 12.6. The maximum atomic E-state index is 12.6. The van der Waals surface area contributed by atoms with Crippen LogP contribution in [0.5, 0.6) is 0 Å². The molecule has 2 N–H and O–H groups in total. The first-order valence-electron chi connectivity index (χ1n) is 7.15. The van der Waals surface area contributed by atoms with Crippen molar-refractivity contribution in [1.29, 1.82) is 0 Å².